The molecule has 22 heavy (non-hydrogen) atoms. The Labute approximate surface area is 126 Å². The van der Waals surface area contributed by atoms with Crippen molar-refractivity contribution >= 4 is 5.91 Å². The van der Waals surface area contributed by atoms with Gasteiger partial charge in [0.2, 0.25) is 5.91 Å². The summed E-state index contributed by atoms with van der Waals surface area (Å²) in [6.45, 7) is 0.235. The van der Waals surface area contributed by atoms with Crippen molar-refractivity contribution in [3.05, 3.63) is 35.4 Å². The first kappa shape index (κ1) is 15.3. The largest absolute Gasteiger partial charge is 0.416 e. The fraction of sp³-hybridized carbons (Fsp3) is 0.562. The number of amides is 1. The minimum Gasteiger partial charge on any atom is -0.395 e. The topological polar surface area (TPSA) is 40.5 Å². The SMILES string of the molecule is O=C(C1CC1c1cccc(C(F)(F)F)c1)N(CCO)C1CC1. The Morgan fingerprint density at radius 2 is 2.05 bits per heavy atom. The summed E-state index contributed by atoms with van der Waals surface area (Å²) in [5.41, 5.74) is -0.0922. The van der Waals surface area contributed by atoms with E-state index >= 15 is 0 Å². The number of carbonyl (C=O) groups excluding carboxylic acids is 1. The van der Waals surface area contributed by atoms with Gasteiger partial charge >= 0.3 is 6.18 Å². The molecule has 0 bridgehead atoms. The summed E-state index contributed by atoms with van der Waals surface area (Å²) in [5, 5.41) is 9.05. The van der Waals surface area contributed by atoms with E-state index in [1.165, 1.54) is 6.07 Å². The quantitative estimate of drug-likeness (QED) is 0.908. The van der Waals surface area contributed by atoms with Gasteiger partial charge in [-0.15, -0.1) is 0 Å². The molecule has 2 unspecified atom stereocenters. The van der Waals surface area contributed by atoms with Gasteiger partial charge in [-0.3, -0.25) is 4.79 Å². The van der Waals surface area contributed by atoms with Crippen molar-refractivity contribution < 1.29 is 23.1 Å². The molecule has 0 heterocycles. The van der Waals surface area contributed by atoms with Gasteiger partial charge in [-0.25, -0.2) is 0 Å². The number of hydrogen-bond donors (Lipinski definition) is 1. The lowest BCUT2D eigenvalue weighted by molar-refractivity contribution is -0.137. The molecule has 3 nitrogen and oxygen atoms in total. The van der Waals surface area contributed by atoms with Crippen molar-refractivity contribution in [3.63, 3.8) is 0 Å². The monoisotopic (exact) mass is 313 g/mol. The minimum absolute atomic E-state index is 0.0287. The molecule has 2 atom stereocenters. The highest BCUT2D eigenvalue weighted by Gasteiger charge is 2.48. The lowest BCUT2D eigenvalue weighted by Crippen LogP contribution is -2.36. The first-order valence-electron chi connectivity index (χ1n) is 7.50. The molecule has 0 radical (unpaired) electrons. The summed E-state index contributed by atoms with van der Waals surface area (Å²) >= 11 is 0. The van der Waals surface area contributed by atoms with Gasteiger partial charge in [0.1, 0.15) is 0 Å². The van der Waals surface area contributed by atoms with E-state index in [0.717, 1.165) is 25.0 Å². The second-order valence-corrected chi connectivity index (χ2v) is 6.06. The summed E-state index contributed by atoms with van der Waals surface area (Å²) in [6.07, 6.45) is -1.87. The third-order valence-corrected chi connectivity index (χ3v) is 4.36. The molecule has 6 heteroatoms. The van der Waals surface area contributed by atoms with Crippen molar-refractivity contribution in [2.75, 3.05) is 13.2 Å². The van der Waals surface area contributed by atoms with E-state index in [-0.39, 0.29) is 30.4 Å². The van der Waals surface area contributed by atoms with Crippen LogP contribution in [0.3, 0.4) is 0 Å². The molecule has 0 saturated heterocycles. The molecule has 1 aromatic carbocycles. The van der Waals surface area contributed by atoms with Gasteiger partial charge in [0, 0.05) is 18.5 Å². The van der Waals surface area contributed by atoms with Crippen LogP contribution in [0.25, 0.3) is 0 Å². The predicted molar refractivity (Wildman–Crippen MR) is 74.1 cm³/mol. The van der Waals surface area contributed by atoms with Crippen molar-refractivity contribution in [1.29, 1.82) is 0 Å². The number of aliphatic hydroxyl groups excluding tert-OH is 1. The standard InChI is InChI=1S/C16H18F3NO2/c17-16(18,19)11-3-1-2-10(8-11)13-9-14(13)15(22)20(6-7-21)12-4-5-12/h1-3,8,12-14,21H,4-7,9H2. The third kappa shape index (κ3) is 3.11. The molecule has 0 spiro atoms. The Hall–Kier alpha value is -1.56. The van der Waals surface area contributed by atoms with Crippen LogP contribution in [0.4, 0.5) is 13.2 Å². The molecular formula is C16H18F3NO2. The van der Waals surface area contributed by atoms with Gasteiger partial charge in [-0.05, 0) is 36.8 Å². The fourth-order valence-electron chi connectivity index (χ4n) is 2.96. The summed E-state index contributed by atoms with van der Waals surface area (Å²) in [6, 6.07) is 5.45. The van der Waals surface area contributed by atoms with E-state index in [9.17, 15) is 18.0 Å². The van der Waals surface area contributed by atoms with Gasteiger partial charge in [0.15, 0.2) is 0 Å². The fourth-order valence-corrected chi connectivity index (χ4v) is 2.96. The average Bonchev–Trinajstić information content (AvgIpc) is 3.37. The van der Waals surface area contributed by atoms with E-state index in [1.807, 2.05) is 0 Å². The second-order valence-electron chi connectivity index (χ2n) is 6.06. The number of carbonyl (C=O) groups is 1. The van der Waals surface area contributed by atoms with Crippen LogP contribution in [-0.4, -0.2) is 35.1 Å². The van der Waals surface area contributed by atoms with Crippen molar-refractivity contribution in [2.24, 2.45) is 5.92 Å². The normalized spacial score (nSPS) is 24.2. The summed E-state index contributed by atoms with van der Waals surface area (Å²) in [4.78, 5) is 14.1. The minimum atomic E-state index is -4.36. The van der Waals surface area contributed by atoms with Crippen molar-refractivity contribution in [1.82, 2.24) is 4.90 Å². The number of benzene rings is 1. The van der Waals surface area contributed by atoms with E-state index in [2.05, 4.69) is 0 Å². The lowest BCUT2D eigenvalue weighted by Gasteiger charge is -2.21. The van der Waals surface area contributed by atoms with Crippen LogP contribution in [0.2, 0.25) is 0 Å². The summed E-state index contributed by atoms with van der Waals surface area (Å²) in [5.74, 6) is -0.399. The Balaban J connectivity index is 1.70. The maximum Gasteiger partial charge on any atom is 0.416 e. The summed E-state index contributed by atoms with van der Waals surface area (Å²) in [7, 11) is 0. The van der Waals surface area contributed by atoms with Gasteiger partial charge in [-0.1, -0.05) is 18.2 Å². The van der Waals surface area contributed by atoms with E-state index in [0.29, 0.717) is 18.5 Å². The zero-order valence-electron chi connectivity index (χ0n) is 12.0. The second kappa shape index (κ2) is 5.57. The Morgan fingerprint density at radius 1 is 1.32 bits per heavy atom. The van der Waals surface area contributed by atoms with Crippen LogP contribution in [0.1, 0.15) is 36.3 Å². The molecule has 2 saturated carbocycles. The van der Waals surface area contributed by atoms with E-state index in [4.69, 9.17) is 5.11 Å². The van der Waals surface area contributed by atoms with Gasteiger partial charge in [0.05, 0.1) is 12.2 Å². The molecule has 0 aliphatic heterocycles. The van der Waals surface area contributed by atoms with Crippen LogP contribution in [-0.2, 0) is 11.0 Å². The first-order valence-corrected chi connectivity index (χ1v) is 7.50. The first-order chi connectivity index (χ1) is 10.4. The van der Waals surface area contributed by atoms with Crippen LogP contribution in [0.15, 0.2) is 24.3 Å². The number of hydrogen-bond acceptors (Lipinski definition) is 2. The average molecular weight is 313 g/mol. The molecule has 1 aromatic rings. The van der Waals surface area contributed by atoms with Gasteiger partial charge in [-0.2, -0.15) is 13.2 Å². The Morgan fingerprint density at radius 3 is 2.64 bits per heavy atom. The van der Waals surface area contributed by atoms with Crippen LogP contribution < -0.4 is 0 Å². The van der Waals surface area contributed by atoms with Gasteiger partial charge in [0.25, 0.3) is 0 Å². The van der Waals surface area contributed by atoms with E-state index in [1.54, 1.807) is 11.0 Å². The van der Waals surface area contributed by atoms with Crippen LogP contribution >= 0.6 is 0 Å². The van der Waals surface area contributed by atoms with E-state index < -0.39 is 11.7 Å². The summed E-state index contributed by atoms with van der Waals surface area (Å²) < 4.78 is 38.2. The molecule has 3 rings (SSSR count). The molecule has 2 fully saturated rings. The van der Waals surface area contributed by atoms with Crippen LogP contribution in [0, 0.1) is 5.92 Å². The maximum atomic E-state index is 12.7. The number of nitrogens with zero attached hydrogens (tertiary/aromatic N) is 1. The number of alkyl halides is 3. The molecule has 1 N–H and O–H groups in total. The Bertz CT molecular complexity index is 569. The molecular weight excluding hydrogens is 295 g/mol. The smallest absolute Gasteiger partial charge is 0.395 e. The number of halogens is 3. The Kier molecular flexibility index (Phi) is 3.89. The molecule has 2 aliphatic rings. The zero-order valence-corrected chi connectivity index (χ0v) is 12.0. The lowest BCUT2D eigenvalue weighted by atomic mass is 10.0. The zero-order chi connectivity index (χ0) is 15.9. The molecule has 1 amide bonds. The maximum absolute atomic E-state index is 12.7. The number of rotatable bonds is 5. The predicted octanol–water partition coefficient (Wildman–Crippen LogP) is 2.79. The molecule has 0 aromatic heterocycles. The highest BCUT2D eigenvalue weighted by molar-refractivity contribution is 5.83. The highest BCUT2D eigenvalue weighted by Crippen LogP contribution is 2.50. The third-order valence-electron chi connectivity index (χ3n) is 4.36. The van der Waals surface area contributed by atoms with Crippen molar-refractivity contribution in [3.8, 4) is 0 Å². The van der Waals surface area contributed by atoms with Crippen LogP contribution in [0.5, 0.6) is 0 Å². The van der Waals surface area contributed by atoms with Gasteiger partial charge < -0.3 is 10.0 Å². The molecule has 2 aliphatic carbocycles. The van der Waals surface area contributed by atoms with Crippen molar-refractivity contribution in [2.45, 2.75) is 37.4 Å². The highest BCUT2D eigenvalue weighted by atomic mass is 19.4. The molecule has 120 valence electrons. The number of aliphatic hydroxyl groups is 1.